The zero-order chi connectivity index (χ0) is 35.6. The summed E-state index contributed by atoms with van der Waals surface area (Å²) in [6.07, 6.45) is 1.84. The molecule has 3 nitrogen and oxygen atoms in total. The summed E-state index contributed by atoms with van der Waals surface area (Å²) in [5, 5.41) is 2.42. The number of benzene rings is 7. The third-order valence-corrected chi connectivity index (χ3v) is 9.91. The minimum Gasteiger partial charge on any atom is -0.261 e. The van der Waals surface area contributed by atoms with E-state index in [1.54, 1.807) is 0 Å². The molecule has 9 aromatic rings. The summed E-state index contributed by atoms with van der Waals surface area (Å²) < 4.78 is 0. The molecule has 0 saturated heterocycles. The molecule has 250 valence electrons. The summed E-state index contributed by atoms with van der Waals surface area (Å²) in [5.41, 5.74) is 15.1. The van der Waals surface area contributed by atoms with E-state index in [2.05, 4.69) is 182 Å². The van der Waals surface area contributed by atoms with Gasteiger partial charge in [-0.25, -0.2) is 9.97 Å². The molecule has 0 radical (unpaired) electrons. The van der Waals surface area contributed by atoms with E-state index in [1.165, 1.54) is 33.0 Å². The highest BCUT2D eigenvalue weighted by molar-refractivity contribution is 5.98. The quantitative estimate of drug-likeness (QED) is 0.169. The third-order valence-electron chi connectivity index (χ3n) is 9.91. The number of hydrogen-bond acceptors (Lipinski definition) is 3. The SMILES string of the molecule is Cc1ncccc1-c1ccc(-c2ccc(-c3cc(-c4nc(-c5ccccc5)cc(-c5ccccc5)n4)cc(-c4cccc5ccccc45)c3)cc2)cc1. The van der Waals surface area contributed by atoms with Crippen LogP contribution in [0.25, 0.3) is 89.2 Å². The molecule has 2 heterocycles. The van der Waals surface area contributed by atoms with Crippen molar-refractivity contribution in [3.8, 4) is 78.4 Å². The minimum atomic E-state index is 0.689. The summed E-state index contributed by atoms with van der Waals surface area (Å²) in [6.45, 7) is 2.05. The average molecular weight is 678 g/mol. The molecule has 0 unspecified atom stereocenters. The molecule has 0 aliphatic carbocycles. The van der Waals surface area contributed by atoms with Gasteiger partial charge >= 0.3 is 0 Å². The zero-order valence-electron chi connectivity index (χ0n) is 29.3. The van der Waals surface area contributed by atoms with Gasteiger partial charge in [0.15, 0.2) is 5.82 Å². The molecule has 0 atom stereocenters. The zero-order valence-corrected chi connectivity index (χ0v) is 29.3. The summed E-state index contributed by atoms with van der Waals surface area (Å²) in [5.74, 6) is 0.689. The second-order valence-electron chi connectivity index (χ2n) is 13.3. The van der Waals surface area contributed by atoms with Gasteiger partial charge in [-0.3, -0.25) is 4.98 Å². The Labute approximate surface area is 310 Å². The molecule has 0 bridgehead atoms. The number of nitrogens with zero attached hydrogens (tertiary/aromatic N) is 3. The van der Waals surface area contributed by atoms with Gasteiger partial charge in [0.2, 0.25) is 0 Å². The Morgan fingerprint density at radius 2 is 0.849 bits per heavy atom. The number of rotatable bonds is 7. The maximum absolute atomic E-state index is 5.20. The molecule has 0 N–H and O–H groups in total. The van der Waals surface area contributed by atoms with E-state index in [0.29, 0.717) is 5.82 Å². The van der Waals surface area contributed by atoms with Crippen molar-refractivity contribution >= 4 is 10.8 Å². The van der Waals surface area contributed by atoms with Gasteiger partial charge in [0.1, 0.15) is 0 Å². The highest BCUT2D eigenvalue weighted by Gasteiger charge is 2.15. The van der Waals surface area contributed by atoms with Crippen LogP contribution in [0.1, 0.15) is 5.69 Å². The van der Waals surface area contributed by atoms with Crippen LogP contribution in [0.2, 0.25) is 0 Å². The predicted octanol–water partition coefficient (Wildman–Crippen LogP) is 13.0. The maximum atomic E-state index is 5.20. The Bertz CT molecular complexity index is 2640. The third kappa shape index (κ3) is 6.53. The molecular weight excluding hydrogens is 643 g/mol. The van der Waals surface area contributed by atoms with Crippen molar-refractivity contribution in [3.63, 3.8) is 0 Å². The Kier molecular flexibility index (Phi) is 8.43. The number of aryl methyl sites for hydroxylation is 1. The fourth-order valence-corrected chi connectivity index (χ4v) is 7.13. The van der Waals surface area contributed by atoms with Crippen molar-refractivity contribution in [2.24, 2.45) is 0 Å². The molecule has 0 saturated carbocycles. The van der Waals surface area contributed by atoms with Crippen LogP contribution in [0.3, 0.4) is 0 Å². The maximum Gasteiger partial charge on any atom is 0.160 e. The van der Waals surface area contributed by atoms with E-state index >= 15 is 0 Å². The van der Waals surface area contributed by atoms with Crippen LogP contribution in [0.15, 0.2) is 194 Å². The van der Waals surface area contributed by atoms with Gasteiger partial charge in [0, 0.05) is 34.1 Å². The molecule has 0 amide bonds. The molecule has 2 aromatic heterocycles. The topological polar surface area (TPSA) is 38.7 Å². The number of hydrogen-bond donors (Lipinski definition) is 0. The molecular formula is C50H35N3. The number of aromatic nitrogens is 3. The van der Waals surface area contributed by atoms with Crippen molar-refractivity contribution in [1.29, 1.82) is 0 Å². The van der Waals surface area contributed by atoms with Crippen LogP contribution in [0.5, 0.6) is 0 Å². The Hall–Kier alpha value is -6.97. The first-order valence-corrected chi connectivity index (χ1v) is 17.9. The number of fused-ring (bicyclic) bond motifs is 1. The molecule has 0 fully saturated rings. The summed E-state index contributed by atoms with van der Waals surface area (Å²) in [7, 11) is 0. The molecule has 7 aromatic carbocycles. The average Bonchev–Trinajstić information content (AvgIpc) is 3.24. The second-order valence-corrected chi connectivity index (χ2v) is 13.3. The molecule has 53 heavy (non-hydrogen) atoms. The van der Waals surface area contributed by atoms with Gasteiger partial charge in [-0.2, -0.15) is 0 Å². The van der Waals surface area contributed by atoms with E-state index in [1.807, 2.05) is 24.4 Å². The lowest BCUT2D eigenvalue weighted by Crippen LogP contribution is -1.97. The first-order valence-electron chi connectivity index (χ1n) is 17.9. The van der Waals surface area contributed by atoms with Crippen molar-refractivity contribution in [3.05, 3.63) is 200 Å². The van der Waals surface area contributed by atoms with Gasteiger partial charge < -0.3 is 0 Å². The summed E-state index contributed by atoms with van der Waals surface area (Å²) in [6, 6.07) is 66.4. The van der Waals surface area contributed by atoms with Gasteiger partial charge in [0.25, 0.3) is 0 Å². The normalized spacial score (nSPS) is 11.1. The Morgan fingerprint density at radius 3 is 1.49 bits per heavy atom. The highest BCUT2D eigenvalue weighted by Crippen LogP contribution is 2.37. The predicted molar refractivity (Wildman–Crippen MR) is 220 cm³/mol. The molecule has 0 aliphatic heterocycles. The van der Waals surface area contributed by atoms with E-state index in [9.17, 15) is 0 Å². The molecule has 9 rings (SSSR count). The highest BCUT2D eigenvalue weighted by atomic mass is 14.9. The lowest BCUT2D eigenvalue weighted by Gasteiger charge is -2.14. The van der Waals surface area contributed by atoms with E-state index in [4.69, 9.17) is 9.97 Å². The first kappa shape index (κ1) is 32.0. The smallest absolute Gasteiger partial charge is 0.160 e. The lowest BCUT2D eigenvalue weighted by molar-refractivity contribution is 1.18. The van der Waals surface area contributed by atoms with Crippen LogP contribution in [-0.2, 0) is 0 Å². The Balaban J connectivity index is 1.17. The lowest BCUT2D eigenvalue weighted by atomic mass is 9.92. The Morgan fingerprint density at radius 1 is 0.340 bits per heavy atom. The number of pyridine rings is 1. The van der Waals surface area contributed by atoms with Gasteiger partial charge in [-0.15, -0.1) is 0 Å². The van der Waals surface area contributed by atoms with E-state index < -0.39 is 0 Å². The molecule has 0 spiro atoms. The molecule has 3 heteroatoms. The fourth-order valence-electron chi connectivity index (χ4n) is 7.13. The van der Waals surface area contributed by atoms with Gasteiger partial charge in [-0.05, 0) is 87.0 Å². The van der Waals surface area contributed by atoms with Crippen LogP contribution in [-0.4, -0.2) is 15.0 Å². The largest absolute Gasteiger partial charge is 0.261 e. The van der Waals surface area contributed by atoms with Crippen LogP contribution >= 0.6 is 0 Å². The fraction of sp³-hybridized carbons (Fsp3) is 0.0200. The van der Waals surface area contributed by atoms with Crippen molar-refractivity contribution < 1.29 is 0 Å². The van der Waals surface area contributed by atoms with E-state index in [0.717, 1.165) is 56.0 Å². The standard InChI is InChI=1S/C50H35N3/c1-34-45(20-11-29-51-34)39-27-25-36(26-28-39)35-21-23-37(24-22-35)42-30-43(47-19-10-17-38-12-8-9-18-46(38)47)32-44(31-42)50-52-48(40-13-4-2-5-14-40)33-49(53-50)41-15-6-3-7-16-41/h2-33H,1H3. The van der Waals surface area contributed by atoms with Crippen LogP contribution < -0.4 is 0 Å². The van der Waals surface area contributed by atoms with Crippen molar-refractivity contribution in [2.75, 3.05) is 0 Å². The monoisotopic (exact) mass is 677 g/mol. The first-order chi connectivity index (χ1) is 26.2. The minimum absolute atomic E-state index is 0.689. The van der Waals surface area contributed by atoms with Crippen LogP contribution in [0.4, 0.5) is 0 Å². The van der Waals surface area contributed by atoms with Gasteiger partial charge in [-0.1, -0.05) is 158 Å². The summed E-state index contributed by atoms with van der Waals surface area (Å²) in [4.78, 5) is 14.9. The van der Waals surface area contributed by atoms with Crippen molar-refractivity contribution in [1.82, 2.24) is 15.0 Å². The van der Waals surface area contributed by atoms with Crippen molar-refractivity contribution in [2.45, 2.75) is 6.92 Å². The van der Waals surface area contributed by atoms with Gasteiger partial charge in [0.05, 0.1) is 11.4 Å². The second kappa shape index (κ2) is 14.0. The van der Waals surface area contributed by atoms with E-state index in [-0.39, 0.29) is 0 Å². The van der Waals surface area contributed by atoms with Crippen LogP contribution in [0, 0.1) is 6.92 Å². The molecule has 0 aliphatic rings. The summed E-state index contributed by atoms with van der Waals surface area (Å²) >= 11 is 0.